The molecule has 1 aromatic carbocycles. The van der Waals surface area contributed by atoms with Gasteiger partial charge in [0.1, 0.15) is 0 Å². The molecule has 2 unspecified atom stereocenters. The lowest BCUT2D eigenvalue weighted by Crippen LogP contribution is -2.48. The summed E-state index contributed by atoms with van der Waals surface area (Å²) in [7, 11) is -0.928. The Kier molecular flexibility index (Phi) is 3.16. The van der Waals surface area contributed by atoms with Crippen molar-refractivity contribution < 1.29 is 8.95 Å². The molecule has 2 fully saturated rings. The van der Waals surface area contributed by atoms with Crippen molar-refractivity contribution in [2.75, 3.05) is 12.3 Å². The van der Waals surface area contributed by atoms with Crippen molar-refractivity contribution in [1.82, 2.24) is 0 Å². The van der Waals surface area contributed by atoms with Crippen LogP contribution in [-0.4, -0.2) is 21.7 Å². The number of anilines is 1. The molecule has 2 aliphatic rings. The van der Waals surface area contributed by atoms with E-state index in [1.807, 2.05) is 24.3 Å². The van der Waals surface area contributed by atoms with Crippen LogP contribution >= 0.6 is 0 Å². The first-order valence-electron chi connectivity index (χ1n) is 6.59. The molecule has 98 valence electrons. The maximum absolute atomic E-state index is 12.6. The lowest BCUT2D eigenvalue weighted by Gasteiger charge is -2.46. The Morgan fingerprint density at radius 3 is 2.61 bits per heavy atom. The first kappa shape index (κ1) is 12.2. The van der Waals surface area contributed by atoms with E-state index in [1.165, 1.54) is 6.42 Å². The molecular weight excluding hydrogens is 246 g/mol. The van der Waals surface area contributed by atoms with Crippen LogP contribution in [0.25, 0.3) is 0 Å². The van der Waals surface area contributed by atoms with Crippen LogP contribution in [0.2, 0.25) is 0 Å². The Hall–Kier alpha value is -0.870. The van der Waals surface area contributed by atoms with Gasteiger partial charge < -0.3 is 10.5 Å². The van der Waals surface area contributed by atoms with Crippen molar-refractivity contribution in [1.29, 1.82) is 0 Å². The minimum atomic E-state index is -0.928. The summed E-state index contributed by atoms with van der Waals surface area (Å²) in [5.41, 5.74) is 6.44. The van der Waals surface area contributed by atoms with Crippen LogP contribution in [-0.2, 0) is 15.5 Å². The zero-order valence-electron chi connectivity index (χ0n) is 10.4. The van der Waals surface area contributed by atoms with E-state index in [2.05, 4.69) is 0 Å². The van der Waals surface area contributed by atoms with E-state index in [-0.39, 0.29) is 10.9 Å². The maximum Gasteiger partial charge on any atom is 0.0694 e. The van der Waals surface area contributed by atoms with Crippen molar-refractivity contribution in [2.45, 2.75) is 47.9 Å². The number of nitrogens with two attached hydrogens (primary N) is 1. The minimum Gasteiger partial charge on any atom is -0.399 e. The molecule has 2 N–H and O–H groups in total. The monoisotopic (exact) mass is 265 g/mol. The Bertz CT molecular complexity index is 453. The zero-order chi connectivity index (χ0) is 12.6. The quantitative estimate of drug-likeness (QED) is 0.836. The maximum atomic E-state index is 12.6. The number of nitrogen functional groups attached to an aromatic ring is 1. The van der Waals surface area contributed by atoms with E-state index < -0.39 is 10.8 Å². The van der Waals surface area contributed by atoms with Gasteiger partial charge in [-0.15, -0.1) is 0 Å². The molecule has 1 saturated heterocycles. The molecule has 0 amide bonds. The third-order valence-electron chi connectivity index (χ3n) is 4.13. The molecular formula is C14H19NO2S. The molecule has 3 nitrogen and oxygen atoms in total. The Morgan fingerprint density at radius 2 is 2.00 bits per heavy atom. The normalized spacial score (nSPS) is 27.7. The largest absolute Gasteiger partial charge is 0.399 e. The van der Waals surface area contributed by atoms with Crippen LogP contribution in [0.1, 0.15) is 32.1 Å². The molecule has 1 aromatic rings. The molecule has 4 heteroatoms. The highest BCUT2D eigenvalue weighted by Crippen LogP contribution is 2.43. The summed E-state index contributed by atoms with van der Waals surface area (Å²) in [6.07, 6.45) is 5.38. The number of benzene rings is 1. The average Bonchev–Trinajstić information content (AvgIpc) is 2.37. The minimum absolute atomic E-state index is 0.0619. The SMILES string of the molecule is Nc1ccc(S(=O)C2CCOC3(CCC3)C2)cc1. The first-order chi connectivity index (χ1) is 8.69. The van der Waals surface area contributed by atoms with E-state index in [0.717, 1.165) is 42.9 Å². The third kappa shape index (κ3) is 2.19. The van der Waals surface area contributed by atoms with Gasteiger partial charge in [0.25, 0.3) is 0 Å². The van der Waals surface area contributed by atoms with Gasteiger partial charge in [0.2, 0.25) is 0 Å². The highest BCUT2D eigenvalue weighted by Gasteiger charge is 2.44. The van der Waals surface area contributed by atoms with Crippen molar-refractivity contribution in [3.63, 3.8) is 0 Å². The summed E-state index contributed by atoms with van der Waals surface area (Å²) in [6, 6.07) is 7.42. The Balaban J connectivity index is 1.74. The number of hydrogen-bond donors (Lipinski definition) is 1. The van der Waals surface area contributed by atoms with Gasteiger partial charge in [-0.2, -0.15) is 0 Å². The zero-order valence-corrected chi connectivity index (χ0v) is 11.2. The van der Waals surface area contributed by atoms with Gasteiger partial charge >= 0.3 is 0 Å². The van der Waals surface area contributed by atoms with Gasteiger partial charge in [-0.3, -0.25) is 4.21 Å². The van der Waals surface area contributed by atoms with Gasteiger partial charge in [-0.1, -0.05) is 0 Å². The summed E-state index contributed by atoms with van der Waals surface area (Å²) < 4.78 is 18.4. The molecule has 1 aliphatic carbocycles. The lowest BCUT2D eigenvalue weighted by molar-refractivity contribution is -0.125. The molecule has 1 aliphatic heterocycles. The van der Waals surface area contributed by atoms with Crippen LogP contribution in [0.15, 0.2) is 29.2 Å². The average molecular weight is 265 g/mol. The lowest BCUT2D eigenvalue weighted by atomic mass is 9.75. The summed E-state index contributed by atoms with van der Waals surface area (Å²) in [4.78, 5) is 0.894. The molecule has 2 atom stereocenters. The second-order valence-electron chi connectivity index (χ2n) is 5.37. The topological polar surface area (TPSA) is 52.3 Å². The predicted octanol–water partition coefficient (Wildman–Crippen LogP) is 2.48. The van der Waals surface area contributed by atoms with Crippen molar-refractivity contribution in [3.8, 4) is 0 Å². The van der Waals surface area contributed by atoms with E-state index in [9.17, 15) is 4.21 Å². The Labute approximate surface area is 110 Å². The molecule has 1 spiro atoms. The fourth-order valence-corrected chi connectivity index (χ4v) is 4.43. The first-order valence-corrected chi connectivity index (χ1v) is 7.80. The second-order valence-corrected chi connectivity index (χ2v) is 7.10. The standard InChI is InChI=1S/C14H19NO2S/c15-11-2-4-12(5-3-11)18(16)13-6-9-17-14(10-13)7-1-8-14/h2-5,13H,1,6-10,15H2. The van der Waals surface area contributed by atoms with Crippen molar-refractivity contribution in [2.24, 2.45) is 0 Å². The van der Waals surface area contributed by atoms with E-state index in [1.54, 1.807) is 0 Å². The fourth-order valence-electron chi connectivity index (χ4n) is 2.88. The molecule has 1 saturated carbocycles. The molecule has 3 rings (SSSR count). The van der Waals surface area contributed by atoms with Crippen LogP contribution in [0.5, 0.6) is 0 Å². The predicted molar refractivity (Wildman–Crippen MR) is 72.8 cm³/mol. The number of hydrogen-bond acceptors (Lipinski definition) is 3. The van der Waals surface area contributed by atoms with Gasteiger partial charge in [0.05, 0.1) is 16.4 Å². The fraction of sp³-hybridized carbons (Fsp3) is 0.571. The van der Waals surface area contributed by atoms with Gasteiger partial charge in [-0.25, -0.2) is 0 Å². The van der Waals surface area contributed by atoms with E-state index >= 15 is 0 Å². The van der Waals surface area contributed by atoms with Gasteiger partial charge in [0, 0.05) is 22.4 Å². The molecule has 0 radical (unpaired) electrons. The second kappa shape index (κ2) is 4.67. The van der Waals surface area contributed by atoms with E-state index in [4.69, 9.17) is 10.5 Å². The van der Waals surface area contributed by atoms with E-state index in [0.29, 0.717) is 0 Å². The summed E-state index contributed by atoms with van der Waals surface area (Å²) in [6.45, 7) is 0.755. The van der Waals surface area contributed by atoms with Crippen molar-refractivity contribution >= 4 is 16.5 Å². The molecule has 1 heterocycles. The van der Waals surface area contributed by atoms with Crippen molar-refractivity contribution in [3.05, 3.63) is 24.3 Å². The summed E-state index contributed by atoms with van der Waals surface area (Å²) in [5, 5.41) is 0.239. The Morgan fingerprint density at radius 1 is 1.28 bits per heavy atom. The van der Waals surface area contributed by atoms with Gasteiger partial charge in [0.15, 0.2) is 0 Å². The molecule has 0 aromatic heterocycles. The van der Waals surface area contributed by atoms with Crippen LogP contribution in [0.3, 0.4) is 0 Å². The number of ether oxygens (including phenoxy) is 1. The van der Waals surface area contributed by atoms with Gasteiger partial charge in [-0.05, 0) is 56.4 Å². The van der Waals surface area contributed by atoms with Crippen LogP contribution < -0.4 is 5.73 Å². The highest BCUT2D eigenvalue weighted by molar-refractivity contribution is 7.85. The summed E-state index contributed by atoms with van der Waals surface area (Å²) in [5.74, 6) is 0. The number of rotatable bonds is 2. The molecule has 0 bridgehead atoms. The smallest absolute Gasteiger partial charge is 0.0694 e. The van der Waals surface area contributed by atoms with Crippen LogP contribution in [0, 0.1) is 0 Å². The third-order valence-corrected chi connectivity index (χ3v) is 5.87. The summed E-state index contributed by atoms with van der Waals surface area (Å²) >= 11 is 0. The molecule has 18 heavy (non-hydrogen) atoms. The van der Waals surface area contributed by atoms with Crippen LogP contribution in [0.4, 0.5) is 5.69 Å². The highest BCUT2D eigenvalue weighted by atomic mass is 32.2.